The Kier molecular flexibility index (Phi) is 4.12. The number of hydrogen-bond donors (Lipinski definition) is 1. The van der Waals surface area contributed by atoms with Crippen molar-refractivity contribution in [2.75, 3.05) is 0 Å². The molecule has 2 saturated carbocycles. The molecule has 0 aromatic heterocycles. The largest absolute Gasteiger partial charge is 0.481 e. The second-order valence-corrected chi connectivity index (χ2v) is 8.01. The Balaban J connectivity index is 2.08. The smallest absolute Gasteiger partial charge is 0.309 e. The van der Waals surface area contributed by atoms with Crippen LogP contribution in [0.2, 0.25) is 0 Å². The maximum Gasteiger partial charge on any atom is 0.309 e. The van der Waals surface area contributed by atoms with Crippen molar-refractivity contribution in [1.82, 2.24) is 0 Å². The van der Waals surface area contributed by atoms with Crippen molar-refractivity contribution in [3.8, 4) is 0 Å². The van der Waals surface area contributed by atoms with Crippen LogP contribution in [0.5, 0.6) is 0 Å². The number of aliphatic carboxylic acids is 1. The van der Waals surface area contributed by atoms with Gasteiger partial charge in [0.15, 0.2) is 0 Å². The van der Waals surface area contributed by atoms with E-state index in [4.69, 9.17) is 0 Å². The van der Waals surface area contributed by atoms with Gasteiger partial charge in [0.2, 0.25) is 0 Å². The van der Waals surface area contributed by atoms with Gasteiger partial charge < -0.3 is 5.11 Å². The van der Waals surface area contributed by atoms with Crippen LogP contribution in [0.3, 0.4) is 0 Å². The van der Waals surface area contributed by atoms with Gasteiger partial charge in [0.1, 0.15) is 0 Å². The number of benzene rings is 1. The maximum atomic E-state index is 12.0. The van der Waals surface area contributed by atoms with Gasteiger partial charge >= 0.3 is 5.97 Å². The van der Waals surface area contributed by atoms with E-state index in [0.29, 0.717) is 11.8 Å². The summed E-state index contributed by atoms with van der Waals surface area (Å²) >= 11 is 0. The topological polar surface area (TPSA) is 37.3 Å². The summed E-state index contributed by atoms with van der Waals surface area (Å²) in [5.41, 5.74) is 2.24. The highest BCUT2D eigenvalue weighted by molar-refractivity contribution is 5.75. The number of fused-ring (bicyclic) bond motifs is 2. The molecule has 0 aliphatic heterocycles. The summed E-state index contributed by atoms with van der Waals surface area (Å²) in [4.78, 5) is 12.0. The third-order valence-electron chi connectivity index (χ3n) is 6.14. The minimum Gasteiger partial charge on any atom is -0.481 e. The van der Waals surface area contributed by atoms with Crippen LogP contribution in [0.25, 0.3) is 0 Å². The fourth-order valence-corrected chi connectivity index (χ4v) is 5.37. The van der Waals surface area contributed by atoms with Crippen LogP contribution in [0.4, 0.5) is 0 Å². The summed E-state index contributed by atoms with van der Waals surface area (Å²) < 4.78 is 0. The van der Waals surface area contributed by atoms with Gasteiger partial charge in [-0.2, -0.15) is 0 Å². The van der Waals surface area contributed by atoms with Gasteiger partial charge in [0, 0.05) is 0 Å². The molecule has 1 aromatic carbocycles. The number of carbonyl (C=O) groups is 1. The molecular formula is C21H28O2. The number of allylic oxidation sites excluding steroid dienone is 2. The van der Waals surface area contributed by atoms with Gasteiger partial charge in [-0.3, -0.25) is 4.79 Å². The van der Waals surface area contributed by atoms with E-state index in [9.17, 15) is 9.90 Å². The molecule has 2 aliphatic carbocycles. The summed E-state index contributed by atoms with van der Waals surface area (Å²) in [5, 5.41) is 9.88. The molecule has 0 amide bonds. The highest BCUT2D eigenvalue weighted by Gasteiger charge is 2.54. The number of hydrogen-bond acceptors (Lipinski definition) is 1. The van der Waals surface area contributed by atoms with Crippen LogP contribution in [0.1, 0.15) is 58.4 Å². The van der Waals surface area contributed by atoms with Crippen molar-refractivity contribution in [1.29, 1.82) is 0 Å². The first-order chi connectivity index (χ1) is 10.9. The molecule has 4 atom stereocenters. The van der Waals surface area contributed by atoms with E-state index < -0.39 is 11.4 Å². The average molecular weight is 312 g/mol. The second-order valence-electron chi connectivity index (χ2n) is 8.01. The molecular weight excluding hydrogens is 284 g/mol. The Hall–Kier alpha value is -1.57. The fourth-order valence-electron chi connectivity index (χ4n) is 5.37. The predicted octanol–water partition coefficient (Wildman–Crippen LogP) is 5.19. The molecule has 3 rings (SSSR count). The Bertz CT molecular complexity index is 614. The standard InChI is InChI=1S/C21H28O2/c1-4-8-18-15(2)11-21(17-9-6-5-7-10-17)13-16(18)12-20(3,14-21)19(22)23/h5-10,15-16H,4,11-14H2,1-3H3,(H,22,23)/b18-8+. The SMILES string of the molecule is CC/C=C1\C(C)CC2(c3ccccc3)CC1CC(C)(C(=O)O)C2. The lowest BCUT2D eigenvalue weighted by molar-refractivity contribution is -0.153. The van der Waals surface area contributed by atoms with E-state index in [1.165, 1.54) is 11.1 Å². The monoisotopic (exact) mass is 312 g/mol. The molecule has 2 heteroatoms. The van der Waals surface area contributed by atoms with Crippen molar-refractivity contribution >= 4 is 5.97 Å². The third kappa shape index (κ3) is 2.73. The van der Waals surface area contributed by atoms with Crippen LogP contribution >= 0.6 is 0 Å². The summed E-state index contributed by atoms with van der Waals surface area (Å²) in [6, 6.07) is 10.6. The van der Waals surface area contributed by atoms with Crippen molar-refractivity contribution in [3.63, 3.8) is 0 Å². The van der Waals surface area contributed by atoms with Crippen LogP contribution in [-0.4, -0.2) is 11.1 Å². The fraction of sp³-hybridized carbons (Fsp3) is 0.571. The van der Waals surface area contributed by atoms with E-state index in [2.05, 4.69) is 44.2 Å². The van der Waals surface area contributed by atoms with E-state index in [0.717, 1.165) is 32.1 Å². The van der Waals surface area contributed by atoms with Crippen LogP contribution in [0.15, 0.2) is 42.0 Å². The first kappa shape index (κ1) is 16.3. The minimum absolute atomic E-state index is 0.0157. The van der Waals surface area contributed by atoms with Crippen molar-refractivity contribution in [2.45, 2.75) is 58.3 Å². The summed E-state index contributed by atoms with van der Waals surface area (Å²) in [6.45, 7) is 6.46. The summed E-state index contributed by atoms with van der Waals surface area (Å²) in [6.07, 6.45) is 7.13. The first-order valence-electron chi connectivity index (χ1n) is 8.89. The van der Waals surface area contributed by atoms with Gasteiger partial charge in [0.25, 0.3) is 0 Å². The van der Waals surface area contributed by atoms with Gasteiger partial charge in [-0.25, -0.2) is 0 Å². The lowest BCUT2D eigenvalue weighted by Gasteiger charge is -2.54. The lowest BCUT2D eigenvalue weighted by atomic mass is 9.49. The zero-order valence-electron chi connectivity index (χ0n) is 14.5. The van der Waals surface area contributed by atoms with E-state index in [1.54, 1.807) is 0 Å². The Morgan fingerprint density at radius 2 is 1.96 bits per heavy atom. The summed E-state index contributed by atoms with van der Waals surface area (Å²) in [5.74, 6) is 0.328. The Labute approximate surface area is 139 Å². The molecule has 0 heterocycles. The average Bonchev–Trinajstić information content (AvgIpc) is 2.51. The highest BCUT2D eigenvalue weighted by atomic mass is 16.4. The minimum atomic E-state index is -0.632. The molecule has 4 unspecified atom stereocenters. The van der Waals surface area contributed by atoms with Crippen molar-refractivity contribution < 1.29 is 9.90 Å². The zero-order chi connectivity index (χ0) is 16.7. The molecule has 23 heavy (non-hydrogen) atoms. The number of carboxylic acids is 1. The molecule has 1 N–H and O–H groups in total. The Morgan fingerprint density at radius 3 is 2.57 bits per heavy atom. The summed E-state index contributed by atoms with van der Waals surface area (Å²) in [7, 11) is 0. The number of carboxylic acid groups (broad SMARTS) is 1. The van der Waals surface area contributed by atoms with E-state index in [-0.39, 0.29) is 5.41 Å². The lowest BCUT2D eigenvalue weighted by Crippen LogP contribution is -2.50. The van der Waals surface area contributed by atoms with Crippen molar-refractivity contribution in [2.24, 2.45) is 17.3 Å². The quantitative estimate of drug-likeness (QED) is 0.780. The van der Waals surface area contributed by atoms with E-state index in [1.807, 2.05) is 13.0 Å². The second kappa shape index (κ2) is 5.81. The third-order valence-corrected chi connectivity index (χ3v) is 6.14. The molecule has 124 valence electrons. The zero-order valence-corrected chi connectivity index (χ0v) is 14.5. The normalized spacial score (nSPS) is 38.5. The molecule has 1 aromatic rings. The van der Waals surface area contributed by atoms with E-state index >= 15 is 0 Å². The van der Waals surface area contributed by atoms with Gasteiger partial charge in [0.05, 0.1) is 5.41 Å². The van der Waals surface area contributed by atoms with Crippen LogP contribution < -0.4 is 0 Å². The predicted molar refractivity (Wildman–Crippen MR) is 93.4 cm³/mol. The molecule has 0 saturated heterocycles. The van der Waals surface area contributed by atoms with Gasteiger partial charge in [-0.05, 0) is 61.8 Å². The molecule has 2 bridgehead atoms. The highest BCUT2D eigenvalue weighted by Crippen LogP contribution is 2.59. The Morgan fingerprint density at radius 1 is 1.26 bits per heavy atom. The molecule has 2 nitrogen and oxygen atoms in total. The first-order valence-corrected chi connectivity index (χ1v) is 8.89. The molecule has 0 radical (unpaired) electrons. The van der Waals surface area contributed by atoms with Crippen LogP contribution in [-0.2, 0) is 10.2 Å². The molecule has 2 aliphatic rings. The molecule has 2 fully saturated rings. The maximum absolute atomic E-state index is 12.0. The number of rotatable bonds is 3. The van der Waals surface area contributed by atoms with Crippen LogP contribution in [0, 0.1) is 17.3 Å². The van der Waals surface area contributed by atoms with Gasteiger partial charge in [-0.1, -0.05) is 55.8 Å². The molecule has 0 spiro atoms. The van der Waals surface area contributed by atoms with Gasteiger partial charge in [-0.15, -0.1) is 0 Å². The van der Waals surface area contributed by atoms with Crippen molar-refractivity contribution in [3.05, 3.63) is 47.5 Å².